The highest BCUT2D eigenvalue weighted by Crippen LogP contribution is 2.18. The molecule has 0 unspecified atom stereocenters. The first kappa shape index (κ1) is 12.6. The van der Waals surface area contributed by atoms with Crippen LogP contribution >= 0.6 is 0 Å². The van der Waals surface area contributed by atoms with Gasteiger partial charge in [0.2, 0.25) is 5.95 Å². The van der Waals surface area contributed by atoms with E-state index in [4.69, 9.17) is 4.74 Å². The van der Waals surface area contributed by atoms with Gasteiger partial charge >= 0.3 is 0 Å². The molecule has 0 atom stereocenters. The maximum atomic E-state index is 5.01. The van der Waals surface area contributed by atoms with E-state index in [1.165, 1.54) is 0 Å². The van der Waals surface area contributed by atoms with E-state index in [0.717, 1.165) is 37.5 Å². The lowest BCUT2D eigenvalue weighted by molar-refractivity contribution is 0.198. The number of imidazole rings is 1. The molecule has 0 radical (unpaired) electrons. The van der Waals surface area contributed by atoms with E-state index < -0.39 is 0 Å². The number of H-pyrrole nitrogens is 1. The van der Waals surface area contributed by atoms with Gasteiger partial charge in [-0.25, -0.2) is 4.98 Å². The van der Waals surface area contributed by atoms with Gasteiger partial charge < -0.3 is 20.4 Å². The van der Waals surface area contributed by atoms with Crippen LogP contribution in [0.5, 0.6) is 0 Å². The third kappa shape index (κ3) is 2.86. The fourth-order valence-electron chi connectivity index (χ4n) is 1.62. The zero-order chi connectivity index (χ0) is 12.8. The van der Waals surface area contributed by atoms with Gasteiger partial charge in [-0.2, -0.15) is 9.97 Å². The van der Waals surface area contributed by atoms with Crippen molar-refractivity contribution in [3.05, 3.63) is 6.33 Å². The maximum absolute atomic E-state index is 5.01. The Bertz CT molecular complexity index is 497. The topological polar surface area (TPSA) is 87.8 Å². The molecule has 0 spiro atoms. The van der Waals surface area contributed by atoms with Gasteiger partial charge in [-0.1, -0.05) is 0 Å². The summed E-state index contributed by atoms with van der Waals surface area (Å²) >= 11 is 0. The lowest BCUT2D eigenvalue weighted by Crippen LogP contribution is -2.09. The van der Waals surface area contributed by atoms with E-state index in [2.05, 4.69) is 30.6 Å². The number of rotatable bonds is 7. The van der Waals surface area contributed by atoms with Crippen LogP contribution in [0.1, 0.15) is 13.3 Å². The molecule has 0 aliphatic carbocycles. The number of aromatic amines is 1. The van der Waals surface area contributed by atoms with Gasteiger partial charge in [0.25, 0.3) is 0 Å². The monoisotopic (exact) mass is 250 g/mol. The van der Waals surface area contributed by atoms with Crippen molar-refractivity contribution in [1.82, 2.24) is 19.9 Å². The molecule has 0 amide bonds. The molecule has 0 aliphatic heterocycles. The summed E-state index contributed by atoms with van der Waals surface area (Å²) in [6, 6.07) is 0. The highest BCUT2D eigenvalue weighted by Gasteiger charge is 2.08. The average Bonchev–Trinajstić information content (AvgIpc) is 2.83. The first-order valence-electron chi connectivity index (χ1n) is 6.03. The summed E-state index contributed by atoms with van der Waals surface area (Å²) in [5.74, 6) is 1.36. The number of aromatic nitrogens is 4. The molecule has 0 aromatic carbocycles. The van der Waals surface area contributed by atoms with Crippen molar-refractivity contribution in [1.29, 1.82) is 0 Å². The van der Waals surface area contributed by atoms with E-state index in [1.807, 2.05) is 6.92 Å². The van der Waals surface area contributed by atoms with Crippen molar-refractivity contribution < 1.29 is 4.74 Å². The third-order valence-corrected chi connectivity index (χ3v) is 2.44. The molecule has 0 fully saturated rings. The van der Waals surface area contributed by atoms with Crippen molar-refractivity contribution in [2.75, 3.05) is 37.4 Å². The molecule has 0 saturated heterocycles. The quantitative estimate of drug-likeness (QED) is 0.641. The third-order valence-electron chi connectivity index (χ3n) is 2.44. The Morgan fingerprint density at radius 2 is 2.22 bits per heavy atom. The Morgan fingerprint density at radius 3 is 3.00 bits per heavy atom. The normalized spacial score (nSPS) is 10.8. The van der Waals surface area contributed by atoms with Gasteiger partial charge in [0, 0.05) is 26.8 Å². The predicted octanol–water partition coefficient (Wildman–Crippen LogP) is 1.23. The smallest absolute Gasteiger partial charge is 0.226 e. The van der Waals surface area contributed by atoms with E-state index in [1.54, 1.807) is 13.4 Å². The van der Waals surface area contributed by atoms with Crippen molar-refractivity contribution in [3.8, 4) is 0 Å². The Labute approximate surface area is 105 Å². The van der Waals surface area contributed by atoms with Crippen LogP contribution in [-0.4, -0.2) is 46.7 Å². The van der Waals surface area contributed by atoms with Crippen molar-refractivity contribution in [2.45, 2.75) is 13.3 Å². The van der Waals surface area contributed by atoms with Crippen molar-refractivity contribution >= 4 is 22.9 Å². The number of hydrogen-bond donors (Lipinski definition) is 3. The first-order chi connectivity index (χ1) is 8.85. The summed E-state index contributed by atoms with van der Waals surface area (Å²) in [5.41, 5.74) is 1.49. The highest BCUT2D eigenvalue weighted by atomic mass is 16.5. The largest absolute Gasteiger partial charge is 0.385 e. The van der Waals surface area contributed by atoms with Gasteiger partial charge in [-0.05, 0) is 13.3 Å². The minimum atomic E-state index is 0.589. The van der Waals surface area contributed by atoms with Crippen LogP contribution in [0.3, 0.4) is 0 Å². The van der Waals surface area contributed by atoms with Crippen LogP contribution in [-0.2, 0) is 4.74 Å². The SMILES string of the molecule is CCNc1nc(NCCCOC)c2[nH]cnc2n1. The van der Waals surface area contributed by atoms with Gasteiger partial charge in [-0.15, -0.1) is 0 Å². The molecule has 7 heteroatoms. The van der Waals surface area contributed by atoms with Crippen LogP contribution in [0.15, 0.2) is 6.33 Å². The average molecular weight is 250 g/mol. The van der Waals surface area contributed by atoms with Crippen LogP contribution in [0, 0.1) is 0 Å². The van der Waals surface area contributed by atoms with Crippen molar-refractivity contribution in [3.63, 3.8) is 0 Å². The number of ether oxygens (including phenoxy) is 1. The van der Waals surface area contributed by atoms with Gasteiger partial charge in [0.05, 0.1) is 6.33 Å². The Morgan fingerprint density at radius 1 is 1.33 bits per heavy atom. The predicted molar refractivity (Wildman–Crippen MR) is 70.8 cm³/mol. The van der Waals surface area contributed by atoms with Crippen LogP contribution in [0.2, 0.25) is 0 Å². The van der Waals surface area contributed by atoms with E-state index in [9.17, 15) is 0 Å². The van der Waals surface area contributed by atoms with Crippen molar-refractivity contribution in [2.24, 2.45) is 0 Å². The second-order valence-electron chi connectivity index (χ2n) is 3.80. The van der Waals surface area contributed by atoms with E-state index in [-0.39, 0.29) is 0 Å². The van der Waals surface area contributed by atoms with E-state index in [0.29, 0.717) is 11.6 Å². The van der Waals surface area contributed by atoms with Gasteiger partial charge in [-0.3, -0.25) is 0 Å². The summed E-state index contributed by atoms with van der Waals surface area (Å²) in [4.78, 5) is 15.9. The van der Waals surface area contributed by atoms with E-state index >= 15 is 0 Å². The Hall–Kier alpha value is -1.89. The molecule has 0 saturated carbocycles. The van der Waals surface area contributed by atoms with Gasteiger partial charge in [0.15, 0.2) is 11.5 Å². The maximum Gasteiger partial charge on any atom is 0.226 e. The zero-order valence-corrected chi connectivity index (χ0v) is 10.7. The van der Waals surface area contributed by atoms with Crippen LogP contribution < -0.4 is 10.6 Å². The fourth-order valence-corrected chi connectivity index (χ4v) is 1.62. The molecule has 0 bridgehead atoms. The first-order valence-corrected chi connectivity index (χ1v) is 6.03. The summed E-state index contributed by atoms with van der Waals surface area (Å²) < 4.78 is 5.01. The summed E-state index contributed by atoms with van der Waals surface area (Å²) in [6.45, 7) is 4.30. The fraction of sp³-hybridized carbons (Fsp3) is 0.545. The summed E-state index contributed by atoms with van der Waals surface area (Å²) in [7, 11) is 1.70. The molecule has 18 heavy (non-hydrogen) atoms. The molecule has 7 nitrogen and oxygen atoms in total. The zero-order valence-electron chi connectivity index (χ0n) is 10.7. The molecule has 2 aromatic rings. The number of nitrogens with one attached hydrogen (secondary N) is 3. The number of methoxy groups -OCH3 is 1. The minimum absolute atomic E-state index is 0.589. The second kappa shape index (κ2) is 6.15. The number of fused-ring (bicyclic) bond motifs is 1. The molecule has 98 valence electrons. The lowest BCUT2D eigenvalue weighted by Gasteiger charge is -2.08. The molecule has 3 N–H and O–H groups in total. The highest BCUT2D eigenvalue weighted by molar-refractivity contribution is 5.83. The Balaban J connectivity index is 2.15. The number of anilines is 2. The molecule has 2 heterocycles. The molecular weight excluding hydrogens is 232 g/mol. The molecular formula is C11H18N6O. The van der Waals surface area contributed by atoms with Gasteiger partial charge in [0.1, 0.15) is 5.52 Å². The Kier molecular flexibility index (Phi) is 4.30. The second-order valence-corrected chi connectivity index (χ2v) is 3.80. The summed E-state index contributed by atoms with van der Waals surface area (Å²) in [6.07, 6.45) is 2.54. The van der Waals surface area contributed by atoms with Crippen LogP contribution in [0.4, 0.5) is 11.8 Å². The van der Waals surface area contributed by atoms with Crippen LogP contribution in [0.25, 0.3) is 11.2 Å². The lowest BCUT2D eigenvalue weighted by atomic mass is 10.4. The molecule has 2 rings (SSSR count). The summed E-state index contributed by atoms with van der Waals surface area (Å²) in [5, 5.41) is 6.36. The number of nitrogens with zero attached hydrogens (tertiary/aromatic N) is 3. The number of hydrogen-bond acceptors (Lipinski definition) is 6. The molecule has 2 aromatic heterocycles. The standard InChI is InChI=1S/C11H18N6O/c1-3-12-11-16-9(13-5-4-6-18-2)8-10(17-11)15-7-14-8/h7H,3-6H2,1-2H3,(H3,12,13,14,15,16,17). The molecule has 0 aliphatic rings. The minimum Gasteiger partial charge on any atom is -0.385 e.